The Labute approximate surface area is 140 Å². The molecule has 23 heavy (non-hydrogen) atoms. The van der Waals surface area contributed by atoms with E-state index in [0.717, 1.165) is 38.5 Å². The Hall–Kier alpha value is -1.14. The van der Waals surface area contributed by atoms with Crippen molar-refractivity contribution >= 4 is 11.9 Å². The third-order valence-electron chi connectivity index (χ3n) is 2.85. The first-order chi connectivity index (χ1) is 10.8. The van der Waals surface area contributed by atoms with Crippen molar-refractivity contribution in [1.82, 2.24) is 0 Å². The van der Waals surface area contributed by atoms with Gasteiger partial charge in [0.2, 0.25) is 0 Å². The summed E-state index contributed by atoms with van der Waals surface area (Å²) in [5, 5.41) is 32.3. The number of hydrogen-bond donors (Lipinski definition) is 4. The second kappa shape index (κ2) is 23.1. The predicted octanol–water partition coefficient (Wildman–Crippen LogP) is 3.79. The molecule has 0 aliphatic rings. The van der Waals surface area contributed by atoms with Crippen molar-refractivity contribution in [2.24, 2.45) is 0 Å². The number of carboxylic acid groups (broad SMARTS) is 2. The molecule has 0 radical (unpaired) electrons. The predicted molar refractivity (Wildman–Crippen MR) is 91.3 cm³/mol. The maximum Gasteiger partial charge on any atom is 0.303 e. The molecule has 6 heteroatoms. The number of hydrogen-bond acceptors (Lipinski definition) is 4. The summed E-state index contributed by atoms with van der Waals surface area (Å²) in [6.45, 7) is 5.92. The Kier molecular flexibility index (Phi) is 26.9. The van der Waals surface area contributed by atoms with Crippen molar-refractivity contribution in [1.29, 1.82) is 0 Å². The lowest BCUT2D eigenvalue weighted by Gasteiger charge is -1.92. The summed E-state index contributed by atoms with van der Waals surface area (Å²) in [6, 6.07) is 0. The number of aliphatic hydroxyl groups excluding tert-OH is 1. The molecule has 0 saturated heterocycles. The summed E-state index contributed by atoms with van der Waals surface area (Å²) in [7, 11) is 0. The molecule has 4 N–H and O–H groups in total. The van der Waals surface area contributed by atoms with Gasteiger partial charge in [0.1, 0.15) is 0 Å². The smallest absolute Gasteiger partial charge is 0.303 e. The first-order valence-corrected chi connectivity index (χ1v) is 8.61. The van der Waals surface area contributed by atoms with Crippen molar-refractivity contribution in [2.75, 3.05) is 0 Å². The highest BCUT2D eigenvalue weighted by molar-refractivity contribution is 5.66. The summed E-state index contributed by atoms with van der Waals surface area (Å²) < 4.78 is 0. The van der Waals surface area contributed by atoms with Crippen molar-refractivity contribution < 1.29 is 30.0 Å². The van der Waals surface area contributed by atoms with Gasteiger partial charge in [0, 0.05) is 12.8 Å². The van der Waals surface area contributed by atoms with Gasteiger partial charge in [-0.25, -0.2) is 0 Å². The molecule has 0 aliphatic carbocycles. The first kappa shape index (κ1) is 26.7. The topological polar surface area (TPSA) is 115 Å². The minimum absolute atomic E-state index is 0.333. The highest BCUT2D eigenvalue weighted by Crippen LogP contribution is 2.01. The molecule has 0 spiro atoms. The molecule has 140 valence electrons. The molecular weight excluding hydrogens is 300 g/mol. The molecular formula is C17H36O6. The fourth-order valence-corrected chi connectivity index (χ4v) is 1.41. The van der Waals surface area contributed by atoms with E-state index < -0.39 is 18.2 Å². The van der Waals surface area contributed by atoms with E-state index in [1.165, 1.54) is 12.8 Å². The van der Waals surface area contributed by atoms with E-state index in [1.807, 2.05) is 0 Å². The normalized spacial score (nSPS) is 9.48. The molecule has 0 rings (SSSR count). The van der Waals surface area contributed by atoms with Gasteiger partial charge in [-0.1, -0.05) is 59.3 Å². The van der Waals surface area contributed by atoms with Gasteiger partial charge >= 0.3 is 11.9 Å². The van der Waals surface area contributed by atoms with Gasteiger partial charge in [0.25, 0.3) is 0 Å². The quantitative estimate of drug-likeness (QED) is 0.337. The zero-order valence-electron chi connectivity index (χ0n) is 15.0. The van der Waals surface area contributed by atoms with Crippen LogP contribution in [0.1, 0.15) is 91.4 Å². The lowest BCUT2D eigenvalue weighted by Crippen LogP contribution is -1.99. The molecule has 0 amide bonds. The van der Waals surface area contributed by atoms with E-state index in [0.29, 0.717) is 19.3 Å². The summed E-state index contributed by atoms with van der Waals surface area (Å²) in [5.41, 5.74) is 0. The highest BCUT2D eigenvalue weighted by atomic mass is 16.5. The number of carbonyl (C=O) groups is 2. The third kappa shape index (κ3) is 44.9. The molecule has 0 aromatic heterocycles. The van der Waals surface area contributed by atoms with Crippen LogP contribution < -0.4 is 0 Å². The molecule has 0 aromatic rings. The summed E-state index contributed by atoms with van der Waals surface area (Å²) in [6.07, 6.45) is 8.41. The van der Waals surface area contributed by atoms with E-state index in [2.05, 4.69) is 13.8 Å². The summed E-state index contributed by atoms with van der Waals surface area (Å²) in [4.78, 5) is 19.9. The molecule has 6 nitrogen and oxygen atoms in total. The van der Waals surface area contributed by atoms with Crippen LogP contribution >= 0.6 is 0 Å². The number of rotatable bonds is 11. The average Bonchev–Trinajstić information content (AvgIpc) is 2.49. The van der Waals surface area contributed by atoms with Gasteiger partial charge in [-0.05, 0) is 19.3 Å². The Morgan fingerprint density at radius 3 is 1.17 bits per heavy atom. The van der Waals surface area contributed by atoms with Crippen LogP contribution in [-0.2, 0) is 9.59 Å². The van der Waals surface area contributed by atoms with Crippen LogP contribution in [0.3, 0.4) is 0 Å². The third-order valence-corrected chi connectivity index (χ3v) is 2.85. The van der Waals surface area contributed by atoms with Gasteiger partial charge in [0.05, 0.1) is 0 Å². The van der Waals surface area contributed by atoms with E-state index >= 15 is 0 Å². The fraction of sp³-hybridized carbons (Fsp3) is 0.882. The molecule has 0 aromatic carbocycles. The van der Waals surface area contributed by atoms with Crippen LogP contribution in [0.5, 0.6) is 0 Å². The van der Waals surface area contributed by atoms with Crippen LogP contribution in [0, 0.1) is 0 Å². The number of aliphatic carboxylic acids is 2. The Balaban J connectivity index is -0.000000273. The second-order valence-corrected chi connectivity index (χ2v) is 5.30. The lowest BCUT2D eigenvalue weighted by molar-refractivity contribution is -0.138. The largest absolute Gasteiger partial charge is 0.481 e. The fourth-order valence-electron chi connectivity index (χ4n) is 1.41. The molecule has 0 bridgehead atoms. The maximum atomic E-state index is 9.96. The van der Waals surface area contributed by atoms with Crippen LogP contribution in [0.25, 0.3) is 0 Å². The summed E-state index contributed by atoms with van der Waals surface area (Å²) in [5.74, 6) is -1.35. The van der Waals surface area contributed by atoms with E-state index in [9.17, 15) is 9.59 Å². The Bertz CT molecular complexity index is 231. The zero-order chi connectivity index (χ0) is 18.5. The average molecular weight is 336 g/mol. The van der Waals surface area contributed by atoms with Gasteiger partial charge in [-0.3, -0.25) is 9.59 Å². The SMILES string of the molecule is CCC(O)O.CCCCCCC(=O)O.CCCCCCC(=O)O. The number of unbranched alkanes of at least 4 members (excludes halogenated alkanes) is 6. The van der Waals surface area contributed by atoms with Gasteiger partial charge in [-0.15, -0.1) is 0 Å². The van der Waals surface area contributed by atoms with Crippen molar-refractivity contribution in [2.45, 2.75) is 97.7 Å². The van der Waals surface area contributed by atoms with Gasteiger partial charge < -0.3 is 20.4 Å². The van der Waals surface area contributed by atoms with Crippen LogP contribution in [0.15, 0.2) is 0 Å². The first-order valence-electron chi connectivity index (χ1n) is 8.61. The lowest BCUT2D eigenvalue weighted by atomic mass is 10.2. The molecule has 0 fully saturated rings. The van der Waals surface area contributed by atoms with Crippen molar-refractivity contribution in [3.63, 3.8) is 0 Å². The molecule has 0 aliphatic heterocycles. The minimum atomic E-state index is -1.12. The van der Waals surface area contributed by atoms with E-state index in [-0.39, 0.29) is 0 Å². The van der Waals surface area contributed by atoms with Gasteiger partial charge in [-0.2, -0.15) is 0 Å². The van der Waals surface area contributed by atoms with Crippen LogP contribution in [-0.4, -0.2) is 38.7 Å². The standard InChI is InChI=1S/2C7H14O2.C3H8O2/c2*1-2-3-4-5-6-7(8)9;1-2-3(4)5/h2*2-6H2,1H3,(H,8,9);3-5H,2H2,1H3. The van der Waals surface area contributed by atoms with Crippen molar-refractivity contribution in [3.05, 3.63) is 0 Å². The summed E-state index contributed by atoms with van der Waals surface area (Å²) >= 11 is 0. The monoisotopic (exact) mass is 336 g/mol. The molecule has 0 atom stereocenters. The van der Waals surface area contributed by atoms with Crippen molar-refractivity contribution in [3.8, 4) is 0 Å². The van der Waals surface area contributed by atoms with Gasteiger partial charge in [0.15, 0.2) is 6.29 Å². The molecule has 0 saturated carbocycles. The zero-order valence-corrected chi connectivity index (χ0v) is 15.0. The Morgan fingerprint density at radius 2 is 1.00 bits per heavy atom. The number of carboxylic acids is 2. The molecule has 0 heterocycles. The second-order valence-electron chi connectivity index (χ2n) is 5.30. The highest BCUT2D eigenvalue weighted by Gasteiger charge is 1.94. The van der Waals surface area contributed by atoms with Crippen LogP contribution in [0.4, 0.5) is 0 Å². The van der Waals surface area contributed by atoms with E-state index in [1.54, 1.807) is 6.92 Å². The molecule has 0 unspecified atom stereocenters. The maximum absolute atomic E-state index is 9.96. The minimum Gasteiger partial charge on any atom is -0.481 e. The Morgan fingerprint density at radius 1 is 0.696 bits per heavy atom. The number of aliphatic hydroxyl groups is 2. The van der Waals surface area contributed by atoms with E-state index in [4.69, 9.17) is 20.4 Å². The van der Waals surface area contributed by atoms with Crippen LogP contribution in [0.2, 0.25) is 0 Å².